The fourth-order valence-corrected chi connectivity index (χ4v) is 3.84. The highest BCUT2D eigenvalue weighted by Crippen LogP contribution is 2.14. The largest absolute Gasteiger partial charge is 0.339 e. The molecule has 174 valence electrons. The predicted molar refractivity (Wildman–Crippen MR) is 130 cm³/mol. The standard InChI is InChI=1S/C26H27N5O3/c1-2-3-9-17-31-26(34)21-14-8-7-13-20(21)23(29-31)25(33)28-27-24(32)22-15-10-16-30(22)18-19-11-5-4-6-12-19/h4-8,10-16H,2-3,9,17-18H2,1H3,(H,27,32)(H,28,33). The van der Waals surface area contributed by atoms with Crippen molar-refractivity contribution in [3.63, 3.8) is 0 Å². The lowest BCUT2D eigenvalue weighted by Gasteiger charge is -2.13. The number of nitrogens with one attached hydrogen (secondary N) is 2. The zero-order valence-corrected chi connectivity index (χ0v) is 19.0. The molecule has 0 saturated heterocycles. The number of carbonyl (C=O) groups is 2. The van der Waals surface area contributed by atoms with E-state index in [9.17, 15) is 14.4 Å². The highest BCUT2D eigenvalue weighted by molar-refractivity contribution is 6.05. The molecule has 4 rings (SSSR count). The van der Waals surface area contributed by atoms with Gasteiger partial charge in [0.1, 0.15) is 5.69 Å². The summed E-state index contributed by atoms with van der Waals surface area (Å²) in [5, 5.41) is 5.18. The van der Waals surface area contributed by atoms with Crippen molar-refractivity contribution in [2.45, 2.75) is 39.3 Å². The van der Waals surface area contributed by atoms with Crippen molar-refractivity contribution in [1.29, 1.82) is 0 Å². The maximum absolute atomic E-state index is 13.0. The van der Waals surface area contributed by atoms with E-state index in [1.807, 2.05) is 36.5 Å². The van der Waals surface area contributed by atoms with Crippen LogP contribution in [-0.2, 0) is 13.1 Å². The minimum Gasteiger partial charge on any atom is -0.339 e. The molecule has 0 atom stereocenters. The second kappa shape index (κ2) is 10.6. The van der Waals surface area contributed by atoms with Gasteiger partial charge in [0.15, 0.2) is 5.69 Å². The summed E-state index contributed by atoms with van der Waals surface area (Å²) in [7, 11) is 0. The van der Waals surface area contributed by atoms with E-state index in [4.69, 9.17) is 0 Å². The van der Waals surface area contributed by atoms with Crippen molar-refractivity contribution in [3.05, 3.63) is 100 Å². The van der Waals surface area contributed by atoms with Gasteiger partial charge < -0.3 is 4.57 Å². The molecular weight excluding hydrogens is 430 g/mol. The number of nitrogens with zero attached hydrogens (tertiary/aromatic N) is 3. The third kappa shape index (κ3) is 5.06. The molecule has 0 spiro atoms. The molecule has 2 aromatic heterocycles. The van der Waals surface area contributed by atoms with Crippen LogP contribution in [0.1, 0.15) is 52.7 Å². The first-order chi connectivity index (χ1) is 16.6. The molecule has 0 radical (unpaired) electrons. The number of carbonyl (C=O) groups excluding carboxylic acids is 2. The Morgan fingerprint density at radius 1 is 0.853 bits per heavy atom. The van der Waals surface area contributed by atoms with Crippen LogP contribution in [0.15, 0.2) is 77.7 Å². The Balaban J connectivity index is 1.52. The van der Waals surface area contributed by atoms with Crippen LogP contribution >= 0.6 is 0 Å². The number of benzene rings is 2. The quantitative estimate of drug-likeness (QED) is 0.312. The van der Waals surface area contributed by atoms with Crippen molar-refractivity contribution in [3.8, 4) is 0 Å². The Labute approximate surface area is 197 Å². The molecule has 2 aromatic carbocycles. The summed E-state index contributed by atoms with van der Waals surface area (Å²) in [6, 6.07) is 20.1. The van der Waals surface area contributed by atoms with Gasteiger partial charge in [-0.15, -0.1) is 0 Å². The van der Waals surface area contributed by atoms with Gasteiger partial charge in [-0.05, 0) is 30.2 Å². The average Bonchev–Trinajstić information content (AvgIpc) is 3.32. The smallest absolute Gasteiger partial charge is 0.290 e. The number of hydrogen-bond acceptors (Lipinski definition) is 4. The number of rotatable bonds is 8. The predicted octanol–water partition coefficient (Wildman–Crippen LogP) is 3.51. The van der Waals surface area contributed by atoms with E-state index >= 15 is 0 Å². The van der Waals surface area contributed by atoms with Crippen molar-refractivity contribution in [2.75, 3.05) is 0 Å². The normalized spacial score (nSPS) is 10.9. The molecule has 2 amide bonds. The Bertz CT molecular complexity index is 1360. The van der Waals surface area contributed by atoms with Crippen LogP contribution in [-0.4, -0.2) is 26.2 Å². The number of aryl methyl sites for hydroxylation is 1. The number of hydrogen-bond donors (Lipinski definition) is 2. The Morgan fingerprint density at radius 3 is 2.32 bits per heavy atom. The molecule has 0 bridgehead atoms. The molecule has 0 aliphatic heterocycles. The van der Waals surface area contributed by atoms with E-state index in [1.54, 1.807) is 41.0 Å². The molecule has 0 aliphatic rings. The SMILES string of the molecule is CCCCCn1nc(C(=O)NNC(=O)c2cccn2Cc2ccccc2)c2ccccc2c1=O. The molecule has 34 heavy (non-hydrogen) atoms. The fraction of sp³-hybridized carbons (Fsp3) is 0.231. The highest BCUT2D eigenvalue weighted by Gasteiger charge is 2.18. The Hall–Kier alpha value is -4.20. The monoisotopic (exact) mass is 457 g/mol. The second-order valence-corrected chi connectivity index (χ2v) is 8.04. The maximum atomic E-state index is 13.0. The van der Waals surface area contributed by atoms with Crippen molar-refractivity contribution in [2.24, 2.45) is 0 Å². The van der Waals surface area contributed by atoms with Crippen molar-refractivity contribution >= 4 is 22.6 Å². The number of fused-ring (bicyclic) bond motifs is 1. The molecular formula is C26H27N5O3. The van der Waals surface area contributed by atoms with Gasteiger partial charge in [0.05, 0.1) is 5.39 Å². The molecule has 2 N–H and O–H groups in total. The van der Waals surface area contributed by atoms with E-state index in [2.05, 4.69) is 22.9 Å². The van der Waals surface area contributed by atoms with Crippen molar-refractivity contribution < 1.29 is 9.59 Å². The number of amides is 2. The number of aromatic nitrogens is 3. The van der Waals surface area contributed by atoms with Gasteiger partial charge in [0.25, 0.3) is 17.4 Å². The minimum atomic E-state index is -0.588. The Morgan fingerprint density at radius 2 is 1.56 bits per heavy atom. The fourth-order valence-electron chi connectivity index (χ4n) is 3.84. The van der Waals surface area contributed by atoms with Gasteiger partial charge in [-0.1, -0.05) is 68.3 Å². The van der Waals surface area contributed by atoms with Crippen LogP contribution in [0, 0.1) is 0 Å². The van der Waals surface area contributed by atoms with Crippen LogP contribution < -0.4 is 16.4 Å². The van der Waals surface area contributed by atoms with E-state index < -0.39 is 11.8 Å². The molecule has 0 fully saturated rings. The van der Waals surface area contributed by atoms with E-state index in [0.29, 0.717) is 29.6 Å². The second-order valence-electron chi connectivity index (χ2n) is 8.04. The zero-order valence-electron chi connectivity index (χ0n) is 19.0. The van der Waals surface area contributed by atoms with Gasteiger partial charge in [-0.2, -0.15) is 5.10 Å². The third-order valence-corrected chi connectivity index (χ3v) is 5.60. The molecule has 2 heterocycles. The first-order valence-electron chi connectivity index (χ1n) is 11.4. The van der Waals surface area contributed by atoms with Crippen LogP contribution in [0.5, 0.6) is 0 Å². The van der Waals surface area contributed by atoms with Crippen LogP contribution in [0.3, 0.4) is 0 Å². The van der Waals surface area contributed by atoms with E-state index in [1.165, 1.54) is 4.68 Å². The summed E-state index contributed by atoms with van der Waals surface area (Å²) in [5.41, 5.74) is 6.25. The summed E-state index contributed by atoms with van der Waals surface area (Å²) in [4.78, 5) is 38.6. The minimum absolute atomic E-state index is 0.0895. The number of unbranched alkanes of at least 4 members (excludes halogenated alkanes) is 2. The van der Waals surface area contributed by atoms with E-state index in [-0.39, 0.29) is 11.3 Å². The Kier molecular flexibility index (Phi) is 7.17. The molecule has 0 unspecified atom stereocenters. The molecule has 8 nitrogen and oxygen atoms in total. The van der Waals surface area contributed by atoms with E-state index in [0.717, 1.165) is 24.8 Å². The summed E-state index contributed by atoms with van der Waals surface area (Å²) < 4.78 is 3.14. The number of hydrazine groups is 1. The van der Waals surface area contributed by atoms with Crippen LogP contribution in [0.4, 0.5) is 0 Å². The maximum Gasteiger partial charge on any atom is 0.290 e. The van der Waals surface area contributed by atoms with Crippen LogP contribution in [0.25, 0.3) is 10.8 Å². The van der Waals surface area contributed by atoms with Gasteiger partial charge >= 0.3 is 0 Å². The van der Waals surface area contributed by atoms with Gasteiger partial charge in [0.2, 0.25) is 0 Å². The molecule has 8 heteroatoms. The van der Waals surface area contributed by atoms with Crippen molar-refractivity contribution in [1.82, 2.24) is 25.2 Å². The van der Waals surface area contributed by atoms with Gasteiger partial charge in [-0.25, -0.2) is 4.68 Å². The topological polar surface area (TPSA) is 98.0 Å². The third-order valence-electron chi connectivity index (χ3n) is 5.60. The molecule has 0 aliphatic carbocycles. The summed E-state index contributed by atoms with van der Waals surface area (Å²) in [5.74, 6) is -1.04. The van der Waals surface area contributed by atoms with Gasteiger partial charge in [0, 0.05) is 24.7 Å². The lowest BCUT2D eigenvalue weighted by Crippen LogP contribution is -2.43. The first-order valence-corrected chi connectivity index (χ1v) is 11.4. The highest BCUT2D eigenvalue weighted by atomic mass is 16.2. The van der Waals surface area contributed by atoms with Gasteiger partial charge in [-0.3, -0.25) is 25.2 Å². The average molecular weight is 458 g/mol. The lowest BCUT2D eigenvalue weighted by molar-refractivity contribution is 0.0838. The molecule has 0 saturated carbocycles. The zero-order chi connectivity index (χ0) is 23.9. The molecule has 4 aromatic rings. The lowest BCUT2D eigenvalue weighted by atomic mass is 10.1. The summed E-state index contributed by atoms with van der Waals surface area (Å²) >= 11 is 0. The first kappa shape index (κ1) is 23.0. The summed E-state index contributed by atoms with van der Waals surface area (Å²) in [6.07, 6.45) is 4.57. The summed E-state index contributed by atoms with van der Waals surface area (Å²) in [6.45, 7) is 3.03. The van der Waals surface area contributed by atoms with Crippen LogP contribution in [0.2, 0.25) is 0 Å².